The predicted molar refractivity (Wildman–Crippen MR) is 73.3 cm³/mol. The van der Waals surface area contributed by atoms with Gasteiger partial charge < -0.3 is 4.74 Å². The molecule has 0 saturated carbocycles. The fourth-order valence-electron chi connectivity index (χ4n) is 1.61. The quantitative estimate of drug-likeness (QED) is 0.541. The molecule has 0 aliphatic heterocycles. The largest absolute Gasteiger partial charge is 0.377 e. The van der Waals surface area contributed by atoms with Crippen LogP contribution in [-0.4, -0.2) is 15.0 Å². The van der Waals surface area contributed by atoms with Crippen molar-refractivity contribution in [3.8, 4) is 0 Å². The second kappa shape index (κ2) is 7.77. The lowest BCUT2D eigenvalue weighted by Crippen LogP contribution is -1.97. The average Bonchev–Trinajstić information content (AvgIpc) is 2.33. The fourth-order valence-corrected chi connectivity index (χ4v) is 2.43. The topological polar surface area (TPSA) is 43.4 Å². The molecule has 18 heavy (non-hydrogen) atoms. The first-order valence-corrected chi connectivity index (χ1v) is 8.46. The highest BCUT2D eigenvalue weighted by molar-refractivity contribution is 8.13. The molecule has 0 aromatic heterocycles. The molecule has 0 saturated heterocycles. The van der Waals surface area contributed by atoms with Crippen molar-refractivity contribution in [3.63, 3.8) is 0 Å². The van der Waals surface area contributed by atoms with Crippen LogP contribution in [0.15, 0.2) is 29.2 Å². The number of ether oxygens (including phenoxy) is 1. The molecule has 102 valence electrons. The van der Waals surface area contributed by atoms with Gasteiger partial charge in [0.05, 0.1) is 11.5 Å². The van der Waals surface area contributed by atoms with E-state index in [1.54, 1.807) is 12.1 Å². The van der Waals surface area contributed by atoms with E-state index >= 15 is 0 Å². The zero-order valence-corrected chi connectivity index (χ0v) is 12.1. The van der Waals surface area contributed by atoms with Gasteiger partial charge in [-0.05, 0) is 24.1 Å². The van der Waals surface area contributed by atoms with Crippen molar-refractivity contribution in [2.24, 2.45) is 0 Å². The van der Waals surface area contributed by atoms with Gasteiger partial charge >= 0.3 is 0 Å². The Morgan fingerprint density at radius 2 is 2.00 bits per heavy atom. The minimum absolute atomic E-state index is 0.122. The summed E-state index contributed by atoms with van der Waals surface area (Å²) in [6, 6.07) is 6.53. The average molecular weight is 291 g/mol. The predicted octanol–water partition coefficient (Wildman–Crippen LogP) is 3.71. The van der Waals surface area contributed by atoms with Gasteiger partial charge in [-0.15, -0.1) is 0 Å². The molecular weight excluding hydrogens is 272 g/mol. The van der Waals surface area contributed by atoms with Crippen molar-refractivity contribution in [1.29, 1.82) is 0 Å². The van der Waals surface area contributed by atoms with E-state index in [-0.39, 0.29) is 4.90 Å². The van der Waals surface area contributed by atoms with Crippen LogP contribution in [0.25, 0.3) is 0 Å². The molecule has 0 heterocycles. The van der Waals surface area contributed by atoms with Crippen LogP contribution in [0.3, 0.4) is 0 Å². The number of benzene rings is 1. The molecule has 1 aromatic rings. The van der Waals surface area contributed by atoms with Gasteiger partial charge in [0.1, 0.15) is 0 Å². The maximum Gasteiger partial charge on any atom is 0.261 e. The molecule has 0 N–H and O–H groups in total. The zero-order valence-electron chi connectivity index (χ0n) is 10.6. The summed E-state index contributed by atoms with van der Waals surface area (Å²) in [5.74, 6) is 0. The van der Waals surface area contributed by atoms with Crippen LogP contribution in [0, 0.1) is 0 Å². The van der Waals surface area contributed by atoms with Crippen molar-refractivity contribution in [3.05, 3.63) is 29.8 Å². The maximum absolute atomic E-state index is 11.2. The minimum Gasteiger partial charge on any atom is -0.377 e. The summed E-state index contributed by atoms with van der Waals surface area (Å²) >= 11 is 0. The molecule has 3 nitrogen and oxygen atoms in total. The lowest BCUT2D eigenvalue weighted by atomic mass is 10.2. The molecule has 0 bridgehead atoms. The van der Waals surface area contributed by atoms with E-state index in [1.165, 1.54) is 25.3 Å². The van der Waals surface area contributed by atoms with Crippen LogP contribution >= 0.6 is 10.7 Å². The van der Waals surface area contributed by atoms with Crippen LogP contribution in [-0.2, 0) is 20.4 Å². The Kier molecular flexibility index (Phi) is 6.68. The Morgan fingerprint density at radius 3 is 2.67 bits per heavy atom. The molecule has 0 aliphatic rings. The van der Waals surface area contributed by atoms with Gasteiger partial charge in [0.15, 0.2) is 0 Å². The monoisotopic (exact) mass is 290 g/mol. The normalized spacial score (nSPS) is 11.7. The second-order valence-electron chi connectivity index (χ2n) is 4.20. The molecule has 0 atom stereocenters. The van der Waals surface area contributed by atoms with Crippen molar-refractivity contribution >= 4 is 19.7 Å². The third-order valence-corrected chi connectivity index (χ3v) is 3.94. The van der Waals surface area contributed by atoms with Crippen molar-refractivity contribution in [1.82, 2.24) is 0 Å². The van der Waals surface area contributed by atoms with Crippen LogP contribution in [0.5, 0.6) is 0 Å². The summed E-state index contributed by atoms with van der Waals surface area (Å²) in [5.41, 5.74) is 0.826. The van der Waals surface area contributed by atoms with Crippen LogP contribution in [0.2, 0.25) is 0 Å². The molecule has 0 spiro atoms. The number of rotatable bonds is 8. The van der Waals surface area contributed by atoms with Gasteiger partial charge in [0.25, 0.3) is 9.05 Å². The third kappa shape index (κ3) is 5.85. The molecule has 0 fully saturated rings. The van der Waals surface area contributed by atoms with E-state index in [4.69, 9.17) is 15.4 Å². The van der Waals surface area contributed by atoms with Gasteiger partial charge in [0.2, 0.25) is 0 Å². The SMILES string of the molecule is CCCCCCOCc1cccc(S(=O)(=O)Cl)c1. The van der Waals surface area contributed by atoms with Crippen LogP contribution in [0.4, 0.5) is 0 Å². The Bertz CT molecular complexity index is 457. The highest BCUT2D eigenvalue weighted by Crippen LogP contribution is 2.16. The maximum atomic E-state index is 11.2. The first-order chi connectivity index (χ1) is 8.54. The summed E-state index contributed by atoms with van der Waals surface area (Å²) in [6.07, 6.45) is 4.65. The van der Waals surface area contributed by atoms with Crippen molar-refractivity contribution < 1.29 is 13.2 Å². The number of hydrogen-bond donors (Lipinski definition) is 0. The third-order valence-electron chi connectivity index (χ3n) is 2.59. The Balaban J connectivity index is 2.39. The van der Waals surface area contributed by atoms with Gasteiger partial charge in [-0.25, -0.2) is 8.42 Å². The molecular formula is C13H19ClO3S. The molecule has 0 radical (unpaired) electrons. The number of unbranched alkanes of at least 4 members (excludes halogenated alkanes) is 3. The lowest BCUT2D eigenvalue weighted by Gasteiger charge is -2.05. The van der Waals surface area contributed by atoms with E-state index < -0.39 is 9.05 Å². The summed E-state index contributed by atoms with van der Waals surface area (Å²) in [4.78, 5) is 0.122. The van der Waals surface area contributed by atoms with E-state index in [9.17, 15) is 8.42 Å². The van der Waals surface area contributed by atoms with E-state index in [1.807, 2.05) is 6.07 Å². The van der Waals surface area contributed by atoms with Crippen LogP contribution in [0.1, 0.15) is 38.2 Å². The molecule has 0 amide bonds. The second-order valence-corrected chi connectivity index (χ2v) is 6.76. The zero-order chi connectivity index (χ0) is 13.4. The minimum atomic E-state index is -3.65. The summed E-state index contributed by atoms with van der Waals surface area (Å²) < 4.78 is 27.8. The van der Waals surface area contributed by atoms with E-state index in [0.29, 0.717) is 13.2 Å². The van der Waals surface area contributed by atoms with Gasteiger partial charge in [-0.1, -0.05) is 38.3 Å². The molecule has 1 rings (SSSR count). The van der Waals surface area contributed by atoms with Gasteiger partial charge in [0, 0.05) is 17.3 Å². The Hall–Kier alpha value is -0.580. The molecule has 0 aliphatic carbocycles. The first-order valence-electron chi connectivity index (χ1n) is 6.15. The first kappa shape index (κ1) is 15.5. The summed E-state index contributed by atoms with van der Waals surface area (Å²) in [5, 5.41) is 0. The van der Waals surface area contributed by atoms with E-state index in [2.05, 4.69) is 6.92 Å². The number of halogens is 1. The smallest absolute Gasteiger partial charge is 0.261 e. The van der Waals surface area contributed by atoms with Crippen LogP contribution < -0.4 is 0 Å². The summed E-state index contributed by atoms with van der Waals surface area (Å²) in [7, 11) is 1.63. The van der Waals surface area contributed by atoms with Crippen molar-refractivity contribution in [2.75, 3.05) is 6.61 Å². The Morgan fingerprint density at radius 1 is 1.22 bits per heavy atom. The molecule has 1 aromatic carbocycles. The lowest BCUT2D eigenvalue weighted by molar-refractivity contribution is 0.116. The van der Waals surface area contributed by atoms with Gasteiger partial charge in [-0.3, -0.25) is 0 Å². The Labute approximate surface area is 114 Å². The standard InChI is InChI=1S/C13H19ClO3S/c1-2-3-4-5-9-17-11-12-7-6-8-13(10-12)18(14,15)16/h6-8,10H,2-5,9,11H2,1H3. The van der Waals surface area contributed by atoms with E-state index in [0.717, 1.165) is 12.0 Å². The summed E-state index contributed by atoms with van der Waals surface area (Å²) in [6.45, 7) is 3.29. The molecule has 5 heteroatoms. The number of hydrogen-bond acceptors (Lipinski definition) is 3. The molecule has 0 unspecified atom stereocenters. The fraction of sp³-hybridized carbons (Fsp3) is 0.538. The van der Waals surface area contributed by atoms with Gasteiger partial charge in [-0.2, -0.15) is 0 Å². The highest BCUT2D eigenvalue weighted by Gasteiger charge is 2.09. The highest BCUT2D eigenvalue weighted by atomic mass is 35.7. The van der Waals surface area contributed by atoms with Crippen molar-refractivity contribution in [2.45, 2.75) is 44.1 Å².